The van der Waals surface area contributed by atoms with E-state index in [1.54, 1.807) is 42.7 Å². The molecule has 2 aliphatic rings. The van der Waals surface area contributed by atoms with E-state index < -0.39 is 59.3 Å². The van der Waals surface area contributed by atoms with Gasteiger partial charge in [-0.15, -0.1) is 0 Å². The minimum Gasteiger partial charge on any atom is -0.507 e. The van der Waals surface area contributed by atoms with Crippen LogP contribution in [0.3, 0.4) is 0 Å². The Morgan fingerprint density at radius 2 is 1.77 bits per heavy atom. The van der Waals surface area contributed by atoms with Crippen molar-refractivity contribution in [2.75, 3.05) is 12.4 Å². The third-order valence-electron chi connectivity index (χ3n) is 11.3. The van der Waals surface area contributed by atoms with E-state index in [2.05, 4.69) is 5.32 Å². The summed E-state index contributed by atoms with van der Waals surface area (Å²) in [5.41, 5.74) is 2.45. The Morgan fingerprint density at radius 1 is 1.05 bits per heavy atom. The zero-order chi connectivity index (χ0) is 41.0. The summed E-state index contributed by atoms with van der Waals surface area (Å²) >= 11 is 0. The molecule has 4 bridgehead atoms. The van der Waals surface area contributed by atoms with Gasteiger partial charge in [-0.3, -0.25) is 18.8 Å². The van der Waals surface area contributed by atoms with Gasteiger partial charge < -0.3 is 39.6 Å². The van der Waals surface area contributed by atoms with Crippen LogP contribution in [0, 0.1) is 37.5 Å². The second-order valence-electron chi connectivity index (χ2n) is 15.6. The van der Waals surface area contributed by atoms with Gasteiger partial charge >= 0.3 is 11.8 Å². The Labute approximate surface area is 325 Å². The summed E-state index contributed by atoms with van der Waals surface area (Å²) in [4.78, 5) is 45.5. The van der Waals surface area contributed by atoms with Crippen molar-refractivity contribution in [2.45, 2.75) is 92.8 Å². The molecule has 13 heteroatoms. The van der Waals surface area contributed by atoms with Gasteiger partial charge in [-0.2, -0.15) is 0 Å². The lowest BCUT2D eigenvalue weighted by Gasteiger charge is -2.36. The Kier molecular flexibility index (Phi) is 11.0. The number of fused-ring (bicyclic) bond motifs is 2. The Balaban J connectivity index is 1.57. The maximum atomic E-state index is 14.6. The number of ether oxygens (including phenoxy) is 4. The van der Waals surface area contributed by atoms with Crippen LogP contribution in [0.5, 0.6) is 17.2 Å². The number of aromatic hydroxyl groups is 2. The van der Waals surface area contributed by atoms with Gasteiger partial charge in [-0.05, 0) is 62.8 Å². The van der Waals surface area contributed by atoms with E-state index >= 15 is 0 Å². The molecular formula is C43H51N3O10. The van der Waals surface area contributed by atoms with Crippen LogP contribution in [0.25, 0.3) is 27.5 Å². The number of anilines is 1. The molecule has 0 saturated carbocycles. The number of benzene rings is 2. The third kappa shape index (κ3) is 6.98. The zero-order valence-corrected chi connectivity index (χ0v) is 33.5. The number of hydrogen-bond donors (Lipinski definition) is 4. The number of pyridine rings is 1. The number of ketones is 1. The summed E-state index contributed by atoms with van der Waals surface area (Å²) in [6.45, 7) is 15.5. The number of imidazole rings is 1. The van der Waals surface area contributed by atoms with E-state index in [1.807, 2.05) is 52.8 Å². The van der Waals surface area contributed by atoms with Gasteiger partial charge in [-0.25, -0.2) is 4.98 Å². The SMILES string of the molecule is CO[C@H]1/C=C/O[C@@]2(C)Oc3c(C)c(O)c4c(O)c(c5c(nc6cc(C)ccn65)c4c3C2=O)NC(=O)/C(C)=C\C=C\[C@H](C)C[C@@H](C)[C@@H](O)[C@@H](C)[C@H](OC(C)=O)[C@@H]1C. The molecule has 0 fully saturated rings. The molecule has 0 aliphatic carbocycles. The number of aliphatic hydroxyl groups excluding tert-OH is 1. The molecule has 0 radical (unpaired) electrons. The minimum absolute atomic E-state index is 0.0000769. The molecule has 0 unspecified atom stereocenters. The normalized spacial score (nSPS) is 29.8. The molecule has 1 amide bonds. The van der Waals surface area contributed by atoms with Crippen LogP contribution in [0.4, 0.5) is 5.69 Å². The summed E-state index contributed by atoms with van der Waals surface area (Å²) in [6.07, 6.45) is 8.31. The molecule has 6 rings (SSSR count). The lowest BCUT2D eigenvalue weighted by molar-refractivity contribution is -0.159. The van der Waals surface area contributed by atoms with Gasteiger partial charge in [0.25, 0.3) is 11.7 Å². The van der Waals surface area contributed by atoms with Crippen LogP contribution in [-0.2, 0) is 23.8 Å². The van der Waals surface area contributed by atoms with E-state index in [-0.39, 0.29) is 56.4 Å². The number of Topliss-reactive ketones (excluding diaryl/α,β-unsaturated/α-hetero) is 1. The summed E-state index contributed by atoms with van der Waals surface area (Å²) < 4.78 is 25.6. The van der Waals surface area contributed by atoms with Gasteiger partial charge in [0, 0.05) is 55.5 Å². The van der Waals surface area contributed by atoms with Crippen molar-refractivity contribution in [3.05, 3.63) is 71.2 Å². The lowest BCUT2D eigenvalue weighted by Crippen LogP contribution is -2.44. The van der Waals surface area contributed by atoms with E-state index in [4.69, 9.17) is 23.9 Å². The Morgan fingerprint density at radius 3 is 2.45 bits per heavy atom. The number of aryl methyl sites for hydroxylation is 1. The van der Waals surface area contributed by atoms with Gasteiger partial charge in [0.2, 0.25) is 0 Å². The summed E-state index contributed by atoms with van der Waals surface area (Å²) in [6, 6.07) is 3.68. The second kappa shape index (κ2) is 15.3. The standard InChI is InChI=1S/C43H51N3O10/c1-20-12-11-13-22(3)42(52)45-34-35-33(44-29-19-21(2)14-16-46(29)35)30-31(38(34)50)37(49)26(7)40-32(30)41(51)43(9,56-40)54-17-15-28(53-10)24(5)39(55-27(8)47)25(6)36(48)23(4)18-20/h11-17,19-20,23-25,28,36,39,48-50H,18H2,1-10H3,(H,45,52)/b12-11+,17-15+,22-13-/t20-,23+,24+,25+,28-,36+,39+,43-/m0/s1. The molecule has 2 aliphatic heterocycles. The molecule has 4 heterocycles. The first-order valence-electron chi connectivity index (χ1n) is 18.8. The Hall–Kier alpha value is -5.40. The molecule has 4 aromatic rings. The Bertz CT molecular complexity index is 2340. The fraction of sp³-hybridized carbons (Fsp3) is 0.442. The first-order valence-corrected chi connectivity index (χ1v) is 18.8. The van der Waals surface area contributed by atoms with Crippen molar-refractivity contribution in [2.24, 2.45) is 23.7 Å². The molecule has 0 saturated heterocycles. The number of esters is 1. The van der Waals surface area contributed by atoms with E-state index in [0.29, 0.717) is 23.2 Å². The number of nitrogens with one attached hydrogen (secondary N) is 1. The van der Waals surface area contributed by atoms with Gasteiger partial charge in [0.15, 0.2) is 5.75 Å². The number of methoxy groups -OCH3 is 1. The zero-order valence-electron chi connectivity index (χ0n) is 33.5. The summed E-state index contributed by atoms with van der Waals surface area (Å²) in [5, 5.41) is 38.1. The molecule has 56 heavy (non-hydrogen) atoms. The van der Waals surface area contributed by atoms with Crippen molar-refractivity contribution in [3.8, 4) is 17.2 Å². The van der Waals surface area contributed by atoms with Crippen LogP contribution in [0.2, 0.25) is 0 Å². The quantitative estimate of drug-likeness (QED) is 0.120. The largest absolute Gasteiger partial charge is 0.507 e. The van der Waals surface area contributed by atoms with E-state index in [1.165, 1.54) is 27.2 Å². The predicted molar refractivity (Wildman–Crippen MR) is 212 cm³/mol. The topological polar surface area (TPSA) is 178 Å². The number of aromatic nitrogens is 2. The van der Waals surface area contributed by atoms with Crippen molar-refractivity contribution in [1.82, 2.24) is 9.38 Å². The van der Waals surface area contributed by atoms with Crippen molar-refractivity contribution < 1.29 is 48.7 Å². The number of amides is 1. The molecular weight excluding hydrogens is 718 g/mol. The number of aliphatic hydroxyl groups is 1. The molecule has 2 aromatic heterocycles. The maximum absolute atomic E-state index is 14.6. The molecule has 298 valence electrons. The summed E-state index contributed by atoms with van der Waals surface area (Å²) in [5.74, 6) is -5.47. The highest BCUT2D eigenvalue weighted by molar-refractivity contribution is 6.28. The van der Waals surface area contributed by atoms with Crippen LogP contribution < -0.4 is 10.1 Å². The van der Waals surface area contributed by atoms with Gasteiger partial charge in [-0.1, -0.05) is 45.9 Å². The van der Waals surface area contributed by atoms with Gasteiger partial charge in [0.1, 0.15) is 40.0 Å². The van der Waals surface area contributed by atoms with Crippen LogP contribution in [-0.4, -0.2) is 73.6 Å². The highest BCUT2D eigenvalue weighted by Crippen LogP contribution is 2.54. The fourth-order valence-electron chi connectivity index (χ4n) is 8.09. The third-order valence-corrected chi connectivity index (χ3v) is 11.3. The number of hydrogen-bond acceptors (Lipinski definition) is 11. The van der Waals surface area contributed by atoms with Crippen LogP contribution in [0.15, 0.2) is 54.5 Å². The first kappa shape index (κ1) is 40.3. The number of phenols is 2. The van der Waals surface area contributed by atoms with Crippen molar-refractivity contribution >= 4 is 50.8 Å². The number of allylic oxidation sites excluding steroid dienone is 3. The smallest absolute Gasteiger partial charge is 0.312 e. The van der Waals surface area contributed by atoms with Gasteiger partial charge in [0.05, 0.1) is 29.4 Å². The highest BCUT2D eigenvalue weighted by atomic mass is 16.7. The number of carbonyl (C=O) groups is 3. The van der Waals surface area contributed by atoms with Crippen molar-refractivity contribution in [3.63, 3.8) is 0 Å². The van der Waals surface area contributed by atoms with E-state index in [0.717, 1.165) is 5.56 Å². The van der Waals surface area contributed by atoms with Crippen LogP contribution in [0.1, 0.15) is 76.4 Å². The average molecular weight is 770 g/mol. The maximum Gasteiger partial charge on any atom is 0.312 e. The first-order chi connectivity index (χ1) is 26.4. The number of carbonyl (C=O) groups excluding carboxylic acids is 3. The molecule has 0 spiro atoms. The number of nitrogens with zero attached hydrogens (tertiary/aromatic N) is 2. The van der Waals surface area contributed by atoms with Crippen molar-refractivity contribution in [1.29, 1.82) is 0 Å². The monoisotopic (exact) mass is 769 g/mol. The fourth-order valence-corrected chi connectivity index (χ4v) is 8.09. The average Bonchev–Trinajstić information content (AvgIpc) is 3.64. The number of rotatable bonds is 2. The minimum atomic E-state index is -1.93. The lowest BCUT2D eigenvalue weighted by atomic mass is 9.79. The molecule has 2 aromatic carbocycles. The number of phenolic OH excluding ortho intramolecular Hbond substituents is 2. The van der Waals surface area contributed by atoms with E-state index in [9.17, 15) is 29.7 Å². The summed E-state index contributed by atoms with van der Waals surface area (Å²) in [7, 11) is 1.50. The molecule has 13 nitrogen and oxygen atoms in total. The highest BCUT2D eigenvalue weighted by Gasteiger charge is 2.49. The molecule has 8 atom stereocenters. The van der Waals surface area contributed by atoms with Crippen LogP contribution >= 0.6 is 0 Å². The predicted octanol–water partition coefficient (Wildman–Crippen LogP) is 7.19. The molecule has 4 N–H and O–H groups in total. The second-order valence-corrected chi connectivity index (χ2v) is 15.6.